The largest absolute Gasteiger partial charge is 0.355 e. The van der Waals surface area contributed by atoms with Crippen LogP contribution in [-0.4, -0.2) is 65.9 Å². The van der Waals surface area contributed by atoms with Crippen molar-refractivity contribution in [2.24, 2.45) is 11.8 Å². The molecule has 3 heterocycles. The van der Waals surface area contributed by atoms with Crippen molar-refractivity contribution in [1.82, 2.24) is 20.1 Å². The lowest BCUT2D eigenvalue weighted by molar-refractivity contribution is -0.126. The zero-order valence-electron chi connectivity index (χ0n) is 20.2. The monoisotopic (exact) mass is 486 g/mol. The summed E-state index contributed by atoms with van der Waals surface area (Å²) >= 11 is 1.36. The molecule has 0 radical (unpaired) electrons. The second-order valence-corrected chi connectivity index (χ2v) is 10.6. The van der Waals surface area contributed by atoms with E-state index in [-0.39, 0.29) is 29.5 Å². The van der Waals surface area contributed by atoms with Crippen molar-refractivity contribution < 1.29 is 14.0 Å². The van der Waals surface area contributed by atoms with E-state index in [2.05, 4.69) is 15.2 Å². The van der Waals surface area contributed by atoms with Crippen LogP contribution in [0.5, 0.6) is 0 Å². The van der Waals surface area contributed by atoms with Crippen molar-refractivity contribution >= 4 is 23.2 Å². The Hall–Kier alpha value is -2.32. The number of piperidine rings is 2. The van der Waals surface area contributed by atoms with E-state index in [0.717, 1.165) is 43.0 Å². The number of halogens is 1. The van der Waals surface area contributed by atoms with Crippen LogP contribution in [0.4, 0.5) is 4.39 Å². The molecule has 2 amide bonds. The Bertz CT molecular complexity index is 979. The molecule has 2 aliphatic rings. The molecule has 2 saturated heterocycles. The Kier molecular flexibility index (Phi) is 8.32. The summed E-state index contributed by atoms with van der Waals surface area (Å²) in [5.41, 5.74) is 1.52. The van der Waals surface area contributed by atoms with Crippen molar-refractivity contribution in [1.29, 1.82) is 0 Å². The van der Waals surface area contributed by atoms with E-state index in [0.29, 0.717) is 30.2 Å². The minimum Gasteiger partial charge on any atom is -0.355 e. The molecule has 4 rings (SSSR count). The van der Waals surface area contributed by atoms with Gasteiger partial charge < -0.3 is 15.1 Å². The van der Waals surface area contributed by atoms with Gasteiger partial charge in [-0.15, -0.1) is 11.3 Å². The highest BCUT2D eigenvalue weighted by Gasteiger charge is 2.31. The van der Waals surface area contributed by atoms with Gasteiger partial charge in [0.1, 0.15) is 15.7 Å². The van der Waals surface area contributed by atoms with Crippen LogP contribution in [0, 0.1) is 24.6 Å². The Morgan fingerprint density at radius 2 is 1.79 bits per heavy atom. The summed E-state index contributed by atoms with van der Waals surface area (Å²) in [6, 6.07) is 6.19. The number of nitrogens with one attached hydrogen (secondary N) is 1. The second kappa shape index (κ2) is 11.4. The van der Waals surface area contributed by atoms with Crippen LogP contribution in [0.1, 0.15) is 54.4 Å². The molecule has 1 unspecified atom stereocenters. The van der Waals surface area contributed by atoms with Crippen molar-refractivity contribution in [3.05, 3.63) is 40.7 Å². The van der Waals surface area contributed by atoms with E-state index >= 15 is 0 Å². The molecule has 1 atom stereocenters. The number of carbonyl (C=O) groups excluding carboxylic acids is 2. The van der Waals surface area contributed by atoms with Gasteiger partial charge in [-0.3, -0.25) is 9.59 Å². The number of likely N-dealkylation sites (tertiary alicyclic amines) is 2. The van der Waals surface area contributed by atoms with Crippen LogP contribution in [-0.2, 0) is 4.79 Å². The lowest BCUT2D eigenvalue weighted by Gasteiger charge is -2.34. The molecule has 0 bridgehead atoms. The first-order valence-electron chi connectivity index (χ1n) is 12.4. The number of hydrogen-bond donors (Lipinski definition) is 1. The number of amides is 2. The van der Waals surface area contributed by atoms with E-state index in [4.69, 9.17) is 0 Å². The van der Waals surface area contributed by atoms with Gasteiger partial charge in [0.25, 0.3) is 5.91 Å². The molecule has 0 saturated carbocycles. The first-order valence-corrected chi connectivity index (χ1v) is 13.3. The molecule has 0 aliphatic carbocycles. The molecule has 2 aromatic rings. The Labute approximate surface area is 205 Å². The Morgan fingerprint density at radius 3 is 2.47 bits per heavy atom. The highest BCUT2D eigenvalue weighted by molar-refractivity contribution is 7.17. The molecule has 1 aromatic heterocycles. The second-order valence-electron chi connectivity index (χ2n) is 9.55. The lowest BCUT2D eigenvalue weighted by Crippen LogP contribution is -2.44. The number of benzene rings is 1. The normalized spacial score (nSPS) is 18.6. The summed E-state index contributed by atoms with van der Waals surface area (Å²) in [6.07, 6.45) is 5.50. The third-order valence-corrected chi connectivity index (χ3v) is 8.40. The summed E-state index contributed by atoms with van der Waals surface area (Å²) in [5, 5.41) is 3.85. The fraction of sp³-hybridized carbons (Fsp3) is 0.577. The van der Waals surface area contributed by atoms with E-state index in [1.165, 1.54) is 42.7 Å². The minimum absolute atomic E-state index is 0.000415. The Balaban J connectivity index is 1.26. The molecular formula is C26H35FN4O2S. The summed E-state index contributed by atoms with van der Waals surface area (Å²) < 4.78 is 13.2. The van der Waals surface area contributed by atoms with Gasteiger partial charge in [-0.25, -0.2) is 9.37 Å². The molecule has 1 N–H and O–H groups in total. The number of aromatic nitrogens is 1. The molecule has 2 fully saturated rings. The average molecular weight is 487 g/mol. The minimum atomic E-state index is -0.291. The highest BCUT2D eigenvalue weighted by Crippen LogP contribution is 2.31. The van der Waals surface area contributed by atoms with Crippen LogP contribution >= 0.6 is 11.3 Å². The fourth-order valence-corrected chi connectivity index (χ4v) is 5.99. The smallest absolute Gasteiger partial charge is 0.265 e. The first kappa shape index (κ1) is 24.8. The molecule has 0 spiro atoms. The summed E-state index contributed by atoms with van der Waals surface area (Å²) in [5.74, 6) is 0.0794. The van der Waals surface area contributed by atoms with Gasteiger partial charge in [0.05, 0.1) is 5.69 Å². The first-order chi connectivity index (χ1) is 16.4. The SMILES string of the molecule is Cc1nc(-c2ccc(F)cc2)sc1C(=O)N1CCC(C(C)C(=O)NCCN2CCCCC2)CC1. The summed E-state index contributed by atoms with van der Waals surface area (Å²) in [6.45, 7) is 9.09. The standard InChI is InChI=1S/C26H35FN4O2S/c1-18(24(32)28-12-17-30-13-4-3-5-14-30)20-10-15-31(16-11-20)26(33)23-19(2)29-25(34-23)21-6-8-22(27)9-7-21/h6-9,18,20H,3-5,10-17H2,1-2H3,(H,28,32). The average Bonchev–Trinajstić information content (AvgIpc) is 3.25. The van der Waals surface area contributed by atoms with Gasteiger partial charge in [0.2, 0.25) is 5.91 Å². The van der Waals surface area contributed by atoms with E-state index < -0.39 is 0 Å². The number of nitrogens with zero attached hydrogens (tertiary/aromatic N) is 3. The van der Waals surface area contributed by atoms with Crippen LogP contribution in [0.2, 0.25) is 0 Å². The van der Waals surface area contributed by atoms with E-state index in [1.807, 2.05) is 18.7 Å². The molecule has 1 aromatic carbocycles. The van der Waals surface area contributed by atoms with Gasteiger partial charge in [-0.05, 0) is 75.9 Å². The van der Waals surface area contributed by atoms with Crippen molar-refractivity contribution in [3.8, 4) is 10.6 Å². The molecule has 8 heteroatoms. The van der Waals surface area contributed by atoms with Gasteiger partial charge in [-0.2, -0.15) is 0 Å². The van der Waals surface area contributed by atoms with Crippen molar-refractivity contribution in [2.75, 3.05) is 39.3 Å². The number of carbonyl (C=O) groups is 2. The van der Waals surface area contributed by atoms with Crippen molar-refractivity contribution in [3.63, 3.8) is 0 Å². The third-order valence-electron chi connectivity index (χ3n) is 7.21. The van der Waals surface area contributed by atoms with E-state index in [9.17, 15) is 14.0 Å². The molecule has 34 heavy (non-hydrogen) atoms. The van der Waals surface area contributed by atoms with Crippen LogP contribution < -0.4 is 5.32 Å². The maximum Gasteiger partial charge on any atom is 0.265 e. The van der Waals surface area contributed by atoms with Crippen molar-refractivity contribution in [2.45, 2.75) is 46.0 Å². The predicted octanol–water partition coefficient (Wildman–Crippen LogP) is 4.35. The van der Waals surface area contributed by atoms with E-state index in [1.54, 1.807) is 12.1 Å². The fourth-order valence-electron chi connectivity index (χ4n) is 4.95. The zero-order valence-corrected chi connectivity index (χ0v) is 21.0. The van der Waals surface area contributed by atoms with Gasteiger partial charge >= 0.3 is 0 Å². The molecule has 184 valence electrons. The summed E-state index contributed by atoms with van der Waals surface area (Å²) in [4.78, 5) is 35.4. The topological polar surface area (TPSA) is 65.5 Å². The number of hydrogen-bond acceptors (Lipinski definition) is 5. The summed E-state index contributed by atoms with van der Waals surface area (Å²) in [7, 11) is 0. The highest BCUT2D eigenvalue weighted by atomic mass is 32.1. The number of rotatable bonds is 7. The van der Waals surface area contributed by atoms with Gasteiger partial charge in [0.15, 0.2) is 0 Å². The van der Waals surface area contributed by atoms with Crippen LogP contribution in [0.15, 0.2) is 24.3 Å². The lowest BCUT2D eigenvalue weighted by atomic mass is 9.85. The van der Waals surface area contributed by atoms with Gasteiger partial charge in [0, 0.05) is 37.7 Å². The van der Waals surface area contributed by atoms with Crippen LogP contribution in [0.25, 0.3) is 10.6 Å². The number of aryl methyl sites for hydroxylation is 1. The molecule has 2 aliphatic heterocycles. The number of thiazole rings is 1. The van der Waals surface area contributed by atoms with Crippen LogP contribution in [0.3, 0.4) is 0 Å². The quantitative estimate of drug-likeness (QED) is 0.632. The van der Waals surface area contributed by atoms with Gasteiger partial charge in [-0.1, -0.05) is 13.3 Å². The predicted molar refractivity (Wildman–Crippen MR) is 133 cm³/mol. The maximum absolute atomic E-state index is 13.2. The Morgan fingerprint density at radius 1 is 1.12 bits per heavy atom. The maximum atomic E-state index is 13.2. The molecular weight excluding hydrogens is 451 g/mol. The zero-order chi connectivity index (χ0) is 24.1. The third kappa shape index (κ3) is 6.02. The molecule has 6 nitrogen and oxygen atoms in total.